The molecule has 1 heterocycles. The molecule has 1 N–H and O–H groups in total. The number of hydrogen-bond acceptors (Lipinski definition) is 2. The molecule has 0 bridgehead atoms. The van der Waals surface area contributed by atoms with Crippen molar-refractivity contribution in [1.29, 1.82) is 0 Å². The molecule has 3 nitrogen and oxygen atoms in total. The van der Waals surface area contributed by atoms with Crippen molar-refractivity contribution in [2.24, 2.45) is 0 Å². The number of benzene rings is 1. The van der Waals surface area contributed by atoms with Crippen molar-refractivity contribution in [3.05, 3.63) is 24.0 Å². The molecule has 4 heteroatoms. The van der Waals surface area contributed by atoms with Crippen LogP contribution in [0.4, 0.5) is 15.8 Å². The first kappa shape index (κ1) is 11.9. The molecule has 0 radical (unpaired) electrons. The summed E-state index contributed by atoms with van der Waals surface area (Å²) in [5.74, 6) is -0.265. The minimum absolute atomic E-state index is 0.265. The van der Waals surface area contributed by atoms with Gasteiger partial charge >= 0.3 is 0 Å². The van der Waals surface area contributed by atoms with Crippen LogP contribution in [-0.4, -0.2) is 19.5 Å². The van der Waals surface area contributed by atoms with Gasteiger partial charge in [-0.05, 0) is 31.0 Å². The second-order valence-corrected chi connectivity index (χ2v) is 4.33. The van der Waals surface area contributed by atoms with Gasteiger partial charge < -0.3 is 10.2 Å². The normalized spacial score (nSPS) is 16.4. The first-order valence-electron chi connectivity index (χ1n) is 6.06. The van der Waals surface area contributed by atoms with Gasteiger partial charge in [0, 0.05) is 18.8 Å². The van der Waals surface area contributed by atoms with Gasteiger partial charge in [0.2, 0.25) is 6.41 Å². The zero-order chi connectivity index (χ0) is 12.1. The first-order valence-corrected chi connectivity index (χ1v) is 6.06. The summed E-state index contributed by atoms with van der Waals surface area (Å²) in [5.41, 5.74) is 1.14. The Morgan fingerprint density at radius 3 is 2.47 bits per heavy atom. The molecular formula is C13H17FN2O. The highest BCUT2D eigenvalue weighted by Crippen LogP contribution is 2.25. The number of carbonyl (C=O) groups is 1. The van der Waals surface area contributed by atoms with Crippen LogP contribution in [-0.2, 0) is 4.79 Å². The fraction of sp³-hybridized carbons (Fsp3) is 0.462. The molecule has 1 aliphatic rings. The number of rotatable bonds is 3. The average Bonchev–Trinajstić information content (AvgIpc) is 2.58. The van der Waals surface area contributed by atoms with Gasteiger partial charge in [0.25, 0.3) is 0 Å². The van der Waals surface area contributed by atoms with E-state index in [-0.39, 0.29) is 5.82 Å². The van der Waals surface area contributed by atoms with E-state index in [1.54, 1.807) is 12.1 Å². The number of nitrogens with zero attached hydrogens (tertiary/aromatic N) is 1. The fourth-order valence-corrected chi connectivity index (χ4v) is 2.23. The van der Waals surface area contributed by atoms with Crippen molar-refractivity contribution in [3.8, 4) is 0 Å². The van der Waals surface area contributed by atoms with Crippen LogP contribution in [0.25, 0.3) is 0 Å². The maximum Gasteiger partial charge on any atom is 0.211 e. The zero-order valence-electron chi connectivity index (χ0n) is 9.79. The Labute approximate surface area is 101 Å². The molecule has 0 spiro atoms. The van der Waals surface area contributed by atoms with Gasteiger partial charge in [-0.25, -0.2) is 4.39 Å². The quantitative estimate of drug-likeness (QED) is 0.818. The molecule has 1 aliphatic heterocycles. The standard InChI is InChI=1S/C13H17FN2O/c14-12-9-11(15-10-17)5-6-13(12)16-7-3-1-2-4-8-16/h5-6,9-10H,1-4,7-8H2,(H,15,17). The topological polar surface area (TPSA) is 32.3 Å². The van der Waals surface area contributed by atoms with Crippen LogP contribution in [0.3, 0.4) is 0 Å². The van der Waals surface area contributed by atoms with E-state index in [1.807, 2.05) is 0 Å². The predicted molar refractivity (Wildman–Crippen MR) is 66.8 cm³/mol. The van der Waals surface area contributed by atoms with Crippen molar-refractivity contribution in [1.82, 2.24) is 0 Å². The van der Waals surface area contributed by atoms with Crippen molar-refractivity contribution in [3.63, 3.8) is 0 Å². The summed E-state index contributed by atoms with van der Waals surface area (Å²) in [4.78, 5) is 12.4. The van der Waals surface area contributed by atoms with Crippen molar-refractivity contribution < 1.29 is 9.18 Å². The van der Waals surface area contributed by atoms with Gasteiger partial charge in [0.15, 0.2) is 0 Å². The van der Waals surface area contributed by atoms with E-state index in [0.29, 0.717) is 17.8 Å². The number of halogens is 1. The van der Waals surface area contributed by atoms with Gasteiger partial charge in [-0.3, -0.25) is 4.79 Å². The van der Waals surface area contributed by atoms with Crippen LogP contribution in [0.2, 0.25) is 0 Å². The largest absolute Gasteiger partial charge is 0.369 e. The summed E-state index contributed by atoms with van der Waals surface area (Å²) in [7, 11) is 0. The Morgan fingerprint density at radius 1 is 1.18 bits per heavy atom. The van der Waals surface area contributed by atoms with Crippen LogP contribution in [0.1, 0.15) is 25.7 Å². The number of carbonyl (C=O) groups excluding carboxylic acids is 1. The van der Waals surface area contributed by atoms with E-state index in [2.05, 4.69) is 10.2 Å². The summed E-state index contributed by atoms with van der Waals surface area (Å²) in [5, 5.41) is 2.45. The molecule has 1 fully saturated rings. The molecule has 92 valence electrons. The van der Waals surface area contributed by atoms with Crippen LogP contribution in [0.5, 0.6) is 0 Å². The number of amides is 1. The highest BCUT2D eigenvalue weighted by Gasteiger charge is 2.13. The smallest absolute Gasteiger partial charge is 0.211 e. The summed E-state index contributed by atoms with van der Waals surface area (Å²) < 4.78 is 13.9. The molecule has 0 unspecified atom stereocenters. The van der Waals surface area contributed by atoms with Crippen LogP contribution < -0.4 is 10.2 Å². The molecule has 0 aromatic heterocycles. The Kier molecular flexibility index (Phi) is 3.96. The highest BCUT2D eigenvalue weighted by molar-refractivity contribution is 5.72. The molecular weight excluding hydrogens is 219 g/mol. The van der Waals surface area contributed by atoms with E-state index in [1.165, 1.54) is 18.9 Å². The molecule has 1 aromatic rings. The van der Waals surface area contributed by atoms with Crippen molar-refractivity contribution in [2.45, 2.75) is 25.7 Å². The molecule has 1 saturated heterocycles. The van der Waals surface area contributed by atoms with Crippen molar-refractivity contribution in [2.75, 3.05) is 23.3 Å². The Morgan fingerprint density at radius 2 is 1.88 bits per heavy atom. The minimum atomic E-state index is -0.265. The van der Waals surface area contributed by atoms with Gasteiger partial charge in [0.1, 0.15) is 5.82 Å². The van der Waals surface area contributed by atoms with E-state index >= 15 is 0 Å². The monoisotopic (exact) mass is 236 g/mol. The Balaban J connectivity index is 2.16. The summed E-state index contributed by atoms with van der Waals surface area (Å²) in [6.45, 7) is 1.83. The van der Waals surface area contributed by atoms with E-state index in [0.717, 1.165) is 25.9 Å². The first-order chi connectivity index (χ1) is 8.31. The van der Waals surface area contributed by atoms with Gasteiger partial charge in [-0.1, -0.05) is 12.8 Å². The molecule has 0 aliphatic carbocycles. The molecule has 1 amide bonds. The highest BCUT2D eigenvalue weighted by atomic mass is 19.1. The lowest BCUT2D eigenvalue weighted by Crippen LogP contribution is -2.24. The van der Waals surface area contributed by atoms with Gasteiger partial charge in [-0.15, -0.1) is 0 Å². The lowest BCUT2D eigenvalue weighted by Gasteiger charge is -2.23. The van der Waals surface area contributed by atoms with Crippen molar-refractivity contribution >= 4 is 17.8 Å². The Bertz CT molecular complexity index is 387. The summed E-state index contributed by atoms with van der Waals surface area (Å²) >= 11 is 0. The van der Waals surface area contributed by atoms with E-state index < -0.39 is 0 Å². The molecule has 0 saturated carbocycles. The van der Waals surface area contributed by atoms with Crippen LogP contribution in [0, 0.1) is 5.82 Å². The van der Waals surface area contributed by atoms with Crippen LogP contribution >= 0.6 is 0 Å². The minimum Gasteiger partial charge on any atom is -0.369 e. The third-order valence-corrected chi connectivity index (χ3v) is 3.12. The van der Waals surface area contributed by atoms with E-state index in [9.17, 15) is 9.18 Å². The van der Waals surface area contributed by atoms with Gasteiger partial charge in [-0.2, -0.15) is 0 Å². The SMILES string of the molecule is O=CNc1ccc(N2CCCCCC2)c(F)c1. The third-order valence-electron chi connectivity index (χ3n) is 3.12. The zero-order valence-corrected chi connectivity index (χ0v) is 9.79. The second kappa shape index (κ2) is 5.66. The lowest BCUT2D eigenvalue weighted by molar-refractivity contribution is -0.105. The average molecular weight is 236 g/mol. The fourth-order valence-electron chi connectivity index (χ4n) is 2.23. The molecule has 1 aromatic carbocycles. The second-order valence-electron chi connectivity index (χ2n) is 4.33. The van der Waals surface area contributed by atoms with Crippen LogP contribution in [0.15, 0.2) is 18.2 Å². The van der Waals surface area contributed by atoms with E-state index in [4.69, 9.17) is 0 Å². The predicted octanol–water partition coefficient (Wildman–Crippen LogP) is 2.77. The Hall–Kier alpha value is -1.58. The number of hydrogen-bond donors (Lipinski definition) is 1. The summed E-state index contributed by atoms with van der Waals surface area (Å²) in [6.07, 6.45) is 5.24. The number of nitrogens with one attached hydrogen (secondary N) is 1. The van der Waals surface area contributed by atoms with Gasteiger partial charge in [0.05, 0.1) is 5.69 Å². The summed E-state index contributed by atoms with van der Waals surface area (Å²) in [6, 6.07) is 4.85. The molecule has 0 atom stereocenters. The number of anilines is 2. The maximum absolute atomic E-state index is 13.9. The lowest BCUT2D eigenvalue weighted by atomic mass is 10.2. The molecule has 17 heavy (non-hydrogen) atoms. The maximum atomic E-state index is 13.9. The molecule has 2 rings (SSSR count). The third kappa shape index (κ3) is 2.96.